The molecular formula is C18H29ClO2. The molecule has 0 fully saturated rings. The summed E-state index contributed by atoms with van der Waals surface area (Å²) in [6.45, 7) is 5.29. The van der Waals surface area contributed by atoms with E-state index in [9.17, 15) is 0 Å². The highest BCUT2D eigenvalue weighted by Gasteiger charge is 2.29. The molecule has 0 aliphatic heterocycles. The van der Waals surface area contributed by atoms with Gasteiger partial charge in [-0.25, -0.2) is 0 Å². The molecule has 21 heavy (non-hydrogen) atoms. The summed E-state index contributed by atoms with van der Waals surface area (Å²) in [7, 11) is 0. The van der Waals surface area contributed by atoms with Gasteiger partial charge in [0.15, 0.2) is 0 Å². The van der Waals surface area contributed by atoms with Gasteiger partial charge in [-0.1, -0.05) is 68.8 Å². The monoisotopic (exact) mass is 312 g/mol. The van der Waals surface area contributed by atoms with E-state index in [2.05, 4.69) is 6.92 Å². The summed E-state index contributed by atoms with van der Waals surface area (Å²) < 4.78 is 11.5. The van der Waals surface area contributed by atoms with Crippen LogP contribution in [0.15, 0.2) is 30.3 Å². The molecule has 0 radical (unpaired) electrons. The molecule has 0 heterocycles. The summed E-state index contributed by atoms with van der Waals surface area (Å²) >= 11 is 6.65. The minimum Gasteiger partial charge on any atom is -0.469 e. The number of ether oxygens (including phenoxy) is 2. The van der Waals surface area contributed by atoms with Crippen LogP contribution in [-0.4, -0.2) is 18.3 Å². The maximum atomic E-state index is 6.65. The van der Waals surface area contributed by atoms with Gasteiger partial charge >= 0.3 is 0 Å². The maximum Gasteiger partial charge on any atom is 0.205 e. The van der Waals surface area contributed by atoms with E-state index in [-0.39, 0.29) is 0 Å². The lowest BCUT2D eigenvalue weighted by molar-refractivity contribution is 0.0243. The molecule has 0 spiro atoms. The fourth-order valence-corrected chi connectivity index (χ4v) is 2.58. The van der Waals surface area contributed by atoms with Crippen molar-refractivity contribution in [1.82, 2.24) is 0 Å². The first-order chi connectivity index (χ1) is 10.2. The van der Waals surface area contributed by atoms with E-state index in [1.165, 1.54) is 32.1 Å². The Bertz CT molecular complexity index is 355. The zero-order valence-electron chi connectivity index (χ0n) is 13.4. The molecule has 1 aromatic carbocycles. The Morgan fingerprint density at radius 2 is 1.62 bits per heavy atom. The summed E-state index contributed by atoms with van der Waals surface area (Å²) in [6.07, 6.45) is 8.30. The van der Waals surface area contributed by atoms with Crippen molar-refractivity contribution in [2.45, 2.75) is 63.9 Å². The third-order valence-corrected chi connectivity index (χ3v) is 3.84. The predicted octanol–water partition coefficient (Wildman–Crippen LogP) is 5.79. The largest absolute Gasteiger partial charge is 0.469 e. The molecule has 0 aliphatic rings. The van der Waals surface area contributed by atoms with Crippen molar-refractivity contribution in [3.63, 3.8) is 0 Å². The SMILES string of the molecule is CCCCCCCCC(Cl)(COCC)Oc1ccccc1. The van der Waals surface area contributed by atoms with Gasteiger partial charge in [-0.15, -0.1) is 0 Å². The van der Waals surface area contributed by atoms with Gasteiger partial charge in [0.05, 0.1) is 0 Å². The van der Waals surface area contributed by atoms with Crippen LogP contribution < -0.4 is 4.74 Å². The third kappa shape index (κ3) is 8.33. The van der Waals surface area contributed by atoms with Crippen molar-refractivity contribution in [1.29, 1.82) is 0 Å². The topological polar surface area (TPSA) is 18.5 Å². The second-order valence-corrected chi connectivity index (χ2v) is 6.14. The normalized spacial score (nSPS) is 13.9. The number of hydrogen-bond acceptors (Lipinski definition) is 2. The Kier molecular flexibility index (Phi) is 9.53. The van der Waals surface area contributed by atoms with E-state index in [0.29, 0.717) is 13.2 Å². The number of alkyl halides is 1. The van der Waals surface area contributed by atoms with Gasteiger partial charge in [0, 0.05) is 13.0 Å². The van der Waals surface area contributed by atoms with Gasteiger partial charge in [-0.05, 0) is 25.5 Å². The van der Waals surface area contributed by atoms with Crippen LogP contribution in [0.25, 0.3) is 0 Å². The van der Waals surface area contributed by atoms with Crippen LogP contribution in [0, 0.1) is 0 Å². The average Bonchev–Trinajstić information content (AvgIpc) is 2.50. The molecule has 1 unspecified atom stereocenters. The van der Waals surface area contributed by atoms with Crippen LogP contribution in [-0.2, 0) is 4.74 Å². The van der Waals surface area contributed by atoms with Gasteiger partial charge < -0.3 is 9.47 Å². The zero-order valence-corrected chi connectivity index (χ0v) is 14.2. The van der Waals surface area contributed by atoms with Gasteiger partial charge in [0.25, 0.3) is 0 Å². The summed E-state index contributed by atoms with van der Waals surface area (Å²) in [5.41, 5.74) is 0. The van der Waals surface area contributed by atoms with Crippen LogP contribution in [0.3, 0.4) is 0 Å². The van der Waals surface area contributed by atoms with Crippen molar-refractivity contribution in [3.05, 3.63) is 30.3 Å². The van der Waals surface area contributed by atoms with E-state index < -0.39 is 5.06 Å². The van der Waals surface area contributed by atoms with Gasteiger partial charge in [0.2, 0.25) is 5.06 Å². The van der Waals surface area contributed by atoms with E-state index in [4.69, 9.17) is 21.1 Å². The van der Waals surface area contributed by atoms with E-state index in [1.54, 1.807) is 0 Å². The first kappa shape index (κ1) is 18.3. The predicted molar refractivity (Wildman–Crippen MR) is 90.1 cm³/mol. The molecule has 0 aromatic heterocycles. The Morgan fingerprint density at radius 3 is 2.29 bits per heavy atom. The molecule has 1 rings (SSSR count). The lowest BCUT2D eigenvalue weighted by atomic mass is 10.1. The van der Waals surface area contributed by atoms with Crippen LogP contribution in [0.4, 0.5) is 0 Å². The Hall–Kier alpha value is -0.730. The molecule has 0 bridgehead atoms. The van der Waals surface area contributed by atoms with Crippen molar-refractivity contribution < 1.29 is 9.47 Å². The summed E-state index contributed by atoms with van der Waals surface area (Å²) in [5.74, 6) is 0.804. The van der Waals surface area contributed by atoms with E-state index >= 15 is 0 Å². The van der Waals surface area contributed by atoms with Gasteiger partial charge in [-0.2, -0.15) is 0 Å². The summed E-state index contributed by atoms with van der Waals surface area (Å²) in [5, 5.41) is -0.748. The molecule has 0 N–H and O–H groups in total. The van der Waals surface area contributed by atoms with Crippen LogP contribution in [0.1, 0.15) is 58.8 Å². The first-order valence-corrected chi connectivity index (χ1v) is 8.58. The van der Waals surface area contributed by atoms with Crippen molar-refractivity contribution in [2.24, 2.45) is 0 Å². The number of rotatable bonds is 12. The van der Waals surface area contributed by atoms with E-state index in [1.807, 2.05) is 37.3 Å². The molecule has 0 aliphatic carbocycles. The van der Waals surface area contributed by atoms with Crippen molar-refractivity contribution in [2.75, 3.05) is 13.2 Å². The minimum atomic E-state index is -0.748. The lowest BCUT2D eigenvalue weighted by Gasteiger charge is -2.28. The number of unbranched alkanes of at least 4 members (excludes halogenated alkanes) is 5. The summed E-state index contributed by atoms with van der Waals surface area (Å²) in [4.78, 5) is 0. The highest BCUT2D eigenvalue weighted by Crippen LogP contribution is 2.28. The molecule has 120 valence electrons. The highest BCUT2D eigenvalue weighted by atomic mass is 35.5. The van der Waals surface area contributed by atoms with Gasteiger partial charge in [-0.3, -0.25) is 0 Å². The van der Waals surface area contributed by atoms with Crippen LogP contribution >= 0.6 is 11.6 Å². The molecular weight excluding hydrogens is 284 g/mol. The number of halogens is 1. The number of para-hydroxylation sites is 1. The quantitative estimate of drug-likeness (QED) is 0.359. The number of benzene rings is 1. The molecule has 1 aromatic rings. The Morgan fingerprint density at radius 1 is 0.952 bits per heavy atom. The average molecular weight is 313 g/mol. The lowest BCUT2D eigenvalue weighted by Crippen LogP contribution is -2.35. The third-order valence-electron chi connectivity index (χ3n) is 3.47. The summed E-state index contributed by atoms with van der Waals surface area (Å²) in [6, 6.07) is 9.75. The van der Waals surface area contributed by atoms with Gasteiger partial charge in [0.1, 0.15) is 12.4 Å². The van der Waals surface area contributed by atoms with E-state index in [0.717, 1.165) is 18.6 Å². The fourth-order valence-electron chi connectivity index (χ4n) is 2.28. The first-order valence-electron chi connectivity index (χ1n) is 8.21. The molecule has 0 saturated heterocycles. The second kappa shape index (κ2) is 10.9. The van der Waals surface area contributed by atoms with Crippen LogP contribution in [0.5, 0.6) is 5.75 Å². The Labute approximate surface area is 134 Å². The molecule has 1 atom stereocenters. The highest BCUT2D eigenvalue weighted by molar-refractivity contribution is 6.23. The standard InChI is InChI=1S/C18H29ClO2/c1-3-5-6-7-8-12-15-18(19,16-20-4-2)21-17-13-10-9-11-14-17/h9-11,13-14H,3-8,12,15-16H2,1-2H3. The second-order valence-electron chi connectivity index (χ2n) is 5.45. The zero-order chi connectivity index (χ0) is 15.4. The molecule has 2 nitrogen and oxygen atoms in total. The molecule has 3 heteroatoms. The van der Waals surface area contributed by atoms with Crippen molar-refractivity contribution in [3.8, 4) is 5.75 Å². The Balaban J connectivity index is 2.41. The molecule has 0 saturated carbocycles. The molecule has 0 amide bonds. The maximum absolute atomic E-state index is 6.65. The number of hydrogen-bond donors (Lipinski definition) is 0. The van der Waals surface area contributed by atoms with Crippen LogP contribution in [0.2, 0.25) is 0 Å². The minimum absolute atomic E-state index is 0.426. The fraction of sp³-hybridized carbons (Fsp3) is 0.667. The smallest absolute Gasteiger partial charge is 0.205 e. The van der Waals surface area contributed by atoms with Crippen molar-refractivity contribution >= 4 is 11.6 Å².